The normalized spacial score (nSPS) is 12.1. The first-order valence-corrected chi connectivity index (χ1v) is 6.76. The molecule has 0 radical (unpaired) electrons. The molecule has 98 valence electrons. The zero-order valence-corrected chi connectivity index (χ0v) is 14.2. The van der Waals surface area contributed by atoms with Crippen LogP contribution in [0.15, 0.2) is 52.4 Å². The maximum absolute atomic E-state index is 11.6. The zero-order chi connectivity index (χ0) is 13.8. The number of nitrogens with zero attached hydrogens (tertiary/aromatic N) is 1. The molecule has 0 saturated heterocycles. The van der Waals surface area contributed by atoms with Gasteiger partial charge in [-0.15, -0.1) is 0 Å². The van der Waals surface area contributed by atoms with E-state index in [0.717, 1.165) is 0 Å². The molecule has 20 heavy (non-hydrogen) atoms. The molecule has 7 heteroatoms. The average Bonchev–Trinajstić information content (AvgIpc) is 2.39. The van der Waals surface area contributed by atoms with Gasteiger partial charge in [-0.25, -0.2) is 4.21 Å². The van der Waals surface area contributed by atoms with Crippen LogP contribution in [0.5, 0.6) is 5.75 Å². The fraction of sp³-hybridized carbons (Fsp3) is 0. The van der Waals surface area contributed by atoms with Crippen molar-refractivity contribution in [1.29, 1.82) is 0 Å². The summed E-state index contributed by atoms with van der Waals surface area (Å²) in [5, 5.41) is 12.2. The summed E-state index contributed by atoms with van der Waals surface area (Å²) >= 11 is 3.63. The van der Waals surface area contributed by atoms with Crippen molar-refractivity contribution < 1.29 is 43.4 Å². The minimum absolute atomic E-state index is 0. The van der Waals surface area contributed by atoms with Gasteiger partial charge in [-0.2, -0.15) is 0 Å². The van der Waals surface area contributed by atoms with Gasteiger partial charge in [0.2, 0.25) is 0 Å². The van der Waals surface area contributed by atoms with Crippen molar-refractivity contribution in [3.8, 4) is 5.75 Å². The third kappa shape index (κ3) is 4.70. The molecular weight excluding hydrogens is 309 g/mol. The third-order valence-electron chi connectivity index (χ3n) is 2.36. The van der Waals surface area contributed by atoms with E-state index in [1.54, 1.807) is 24.3 Å². The van der Waals surface area contributed by atoms with Crippen LogP contribution in [0.3, 0.4) is 0 Å². The third-order valence-corrected chi connectivity index (χ3v) is 3.27. The van der Waals surface area contributed by atoms with Crippen LogP contribution in [0.2, 0.25) is 5.02 Å². The fourth-order valence-electron chi connectivity index (χ4n) is 1.41. The molecule has 0 amide bonds. The molecule has 2 aromatic carbocycles. The Balaban J connectivity index is 0.00000200. The minimum atomic E-state index is -2.12. The molecule has 1 atom stereocenters. The molecular formula is C13H9ClNNaO3S. The molecule has 1 N–H and O–H groups in total. The Labute approximate surface area is 146 Å². The predicted octanol–water partition coefficient (Wildman–Crippen LogP) is -0.251. The molecule has 0 aliphatic rings. The topological polar surface area (TPSA) is 72.7 Å². The van der Waals surface area contributed by atoms with Gasteiger partial charge in [0.1, 0.15) is 0 Å². The number of hydrogen-bond donors (Lipinski definition) is 1. The molecule has 2 aromatic rings. The summed E-state index contributed by atoms with van der Waals surface area (Å²) in [5.74, 6) is -0.257. The van der Waals surface area contributed by atoms with Gasteiger partial charge in [0.05, 0.1) is 10.6 Å². The van der Waals surface area contributed by atoms with Crippen molar-refractivity contribution in [2.45, 2.75) is 4.90 Å². The summed E-state index contributed by atoms with van der Waals surface area (Å²) in [4.78, 5) is 4.28. The van der Waals surface area contributed by atoms with E-state index >= 15 is 0 Å². The number of aliphatic imine (C=N–C) groups is 1. The van der Waals surface area contributed by atoms with Crippen LogP contribution in [-0.2, 0) is 11.1 Å². The summed E-state index contributed by atoms with van der Waals surface area (Å²) < 4.78 is 19.9. The predicted molar refractivity (Wildman–Crippen MR) is 73.6 cm³/mol. The average molecular weight is 318 g/mol. The smallest absolute Gasteiger partial charge is 0.872 e. The van der Waals surface area contributed by atoms with Crippen molar-refractivity contribution in [2.24, 2.45) is 4.99 Å². The van der Waals surface area contributed by atoms with Crippen molar-refractivity contribution in [1.82, 2.24) is 0 Å². The Morgan fingerprint density at radius 1 is 1.20 bits per heavy atom. The van der Waals surface area contributed by atoms with Gasteiger partial charge >= 0.3 is 29.6 Å². The van der Waals surface area contributed by atoms with Crippen LogP contribution in [0.4, 0.5) is 5.69 Å². The molecule has 0 spiro atoms. The number of benzene rings is 2. The Morgan fingerprint density at radius 2 is 1.85 bits per heavy atom. The van der Waals surface area contributed by atoms with Gasteiger partial charge in [-0.05, 0) is 42.0 Å². The maximum Gasteiger partial charge on any atom is 1.00 e. The van der Waals surface area contributed by atoms with E-state index in [2.05, 4.69) is 4.99 Å². The largest absolute Gasteiger partial charge is 1.00 e. The van der Waals surface area contributed by atoms with Crippen LogP contribution < -0.4 is 34.7 Å². The number of rotatable bonds is 3. The molecule has 1 unspecified atom stereocenters. The molecule has 4 nitrogen and oxygen atoms in total. The van der Waals surface area contributed by atoms with Crippen LogP contribution in [0, 0.1) is 0 Å². The summed E-state index contributed by atoms with van der Waals surface area (Å²) in [5.41, 5.74) is 0.897. The van der Waals surface area contributed by atoms with Gasteiger partial charge in [0, 0.05) is 11.2 Å². The second-order valence-corrected chi connectivity index (χ2v) is 5.09. The molecule has 0 aliphatic carbocycles. The number of hydrogen-bond acceptors (Lipinski definition) is 3. The Bertz CT molecular complexity index is 647. The summed E-state index contributed by atoms with van der Waals surface area (Å²) in [6.07, 6.45) is 1.36. The van der Waals surface area contributed by atoms with E-state index in [4.69, 9.17) is 16.2 Å². The maximum atomic E-state index is 11.6. The molecule has 0 saturated carbocycles. The van der Waals surface area contributed by atoms with E-state index in [0.29, 0.717) is 10.7 Å². The fourth-order valence-corrected chi connectivity index (χ4v) is 1.95. The van der Waals surface area contributed by atoms with Crippen molar-refractivity contribution in [2.75, 3.05) is 0 Å². The van der Waals surface area contributed by atoms with E-state index in [-0.39, 0.29) is 45.8 Å². The quantitative estimate of drug-likeness (QED) is 0.482. The van der Waals surface area contributed by atoms with Crippen molar-refractivity contribution >= 4 is 34.6 Å². The van der Waals surface area contributed by atoms with Gasteiger partial charge in [-0.3, -0.25) is 4.99 Å². The second kappa shape index (κ2) is 7.93. The molecule has 0 aromatic heterocycles. The van der Waals surface area contributed by atoms with E-state index < -0.39 is 11.1 Å². The SMILES string of the molecule is O=S(O)c1ccc([O-])c(C=Nc2ccc(Cl)cc2)c1.[Na+]. The molecule has 0 bridgehead atoms. The Morgan fingerprint density at radius 3 is 2.45 bits per heavy atom. The first-order chi connectivity index (χ1) is 9.06. The summed E-state index contributed by atoms with van der Waals surface area (Å²) in [6, 6.07) is 10.7. The zero-order valence-electron chi connectivity index (χ0n) is 10.6. The molecule has 0 heterocycles. The van der Waals surface area contributed by atoms with Crippen LogP contribution in [0.25, 0.3) is 0 Å². The first kappa shape index (κ1) is 17.4. The van der Waals surface area contributed by atoms with Gasteiger partial charge in [-0.1, -0.05) is 23.4 Å². The second-order valence-electron chi connectivity index (χ2n) is 3.68. The Hall–Kier alpha value is -0.690. The van der Waals surface area contributed by atoms with Gasteiger partial charge in [0.15, 0.2) is 11.1 Å². The number of halogens is 1. The molecule has 2 rings (SSSR count). The van der Waals surface area contributed by atoms with Crippen molar-refractivity contribution in [3.63, 3.8) is 0 Å². The van der Waals surface area contributed by atoms with Crippen LogP contribution in [-0.4, -0.2) is 15.0 Å². The standard InChI is InChI=1S/C13H10ClNO3S.Na/c14-10-1-3-11(4-2-10)15-8-9-7-12(19(17)18)5-6-13(9)16;/h1-8,16H,(H,17,18);/q;+1/p-1. The van der Waals surface area contributed by atoms with Crippen LogP contribution >= 0.6 is 11.6 Å². The Kier molecular flexibility index (Phi) is 6.88. The van der Waals surface area contributed by atoms with Crippen molar-refractivity contribution in [3.05, 3.63) is 53.1 Å². The summed E-state index contributed by atoms with van der Waals surface area (Å²) in [6.45, 7) is 0. The van der Waals surface area contributed by atoms with E-state index in [1.807, 2.05) is 0 Å². The first-order valence-electron chi connectivity index (χ1n) is 5.28. The van der Waals surface area contributed by atoms with E-state index in [9.17, 15) is 9.32 Å². The van der Waals surface area contributed by atoms with E-state index in [1.165, 1.54) is 24.4 Å². The van der Waals surface area contributed by atoms with Gasteiger partial charge in [0.25, 0.3) is 0 Å². The summed E-state index contributed by atoms with van der Waals surface area (Å²) in [7, 11) is 0. The minimum Gasteiger partial charge on any atom is -0.872 e. The van der Waals surface area contributed by atoms with Crippen LogP contribution in [0.1, 0.15) is 5.56 Å². The van der Waals surface area contributed by atoms with Gasteiger partial charge < -0.3 is 9.66 Å². The monoisotopic (exact) mass is 317 g/mol. The molecule has 0 aliphatic heterocycles. The molecule has 0 fully saturated rings.